The molecular formula is C13H11ClF3N3O. The first-order chi connectivity index (χ1) is 9.43. The summed E-state index contributed by atoms with van der Waals surface area (Å²) in [6.07, 6.45) is -4.64. The minimum absolute atomic E-state index is 0. The van der Waals surface area contributed by atoms with Crippen molar-refractivity contribution in [1.29, 1.82) is 0 Å². The fraction of sp³-hybridized carbons (Fsp3) is 0.385. The van der Waals surface area contributed by atoms with Crippen molar-refractivity contribution in [3.8, 4) is 0 Å². The van der Waals surface area contributed by atoms with Crippen LogP contribution in [0.4, 0.5) is 18.9 Å². The molecule has 2 aliphatic heterocycles. The number of piperazine rings is 1. The van der Waals surface area contributed by atoms with Crippen molar-refractivity contribution in [1.82, 2.24) is 10.2 Å². The van der Waals surface area contributed by atoms with Crippen molar-refractivity contribution in [3.63, 3.8) is 0 Å². The van der Waals surface area contributed by atoms with Crippen LogP contribution < -0.4 is 5.32 Å². The van der Waals surface area contributed by atoms with Crippen LogP contribution in [0.3, 0.4) is 0 Å². The van der Waals surface area contributed by atoms with Crippen LogP contribution in [-0.4, -0.2) is 30.4 Å². The van der Waals surface area contributed by atoms with Crippen molar-refractivity contribution in [2.45, 2.75) is 12.2 Å². The minimum Gasteiger partial charge on any atom is -0.329 e. The first-order valence-corrected chi connectivity index (χ1v) is 6.08. The third-order valence-electron chi connectivity index (χ3n) is 3.67. The molecule has 0 spiro atoms. The number of fused-ring (bicyclic) bond motifs is 3. The van der Waals surface area contributed by atoms with Crippen LogP contribution in [0.1, 0.15) is 27.5 Å². The number of alkyl halides is 3. The molecule has 1 atom stereocenters. The lowest BCUT2D eigenvalue weighted by Gasteiger charge is -2.30. The molecule has 1 aromatic carbocycles. The number of hydrogen-bond acceptors (Lipinski definition) is 2. The highest BCUT2D eigenvalue weighted by atomic mass is 35.5. The molecule has 0 bridgehead atoms. The first kappa shape index (κ1) is 15.6. The Morgan fingerprint density at radius 1 is 1.38 bits per heavy atom. The lowest BCUT2D eigenvalue weighted by atomic mass is 9.97. The zero-order valence-corrected chi connectivity index (χ0v) is 11.5. The van der Waals surface area contributed by atoms with E-state index in [4.69, 9.17) is 6.57 Å². The maximum absolute atomic E-state index is 13.1. The Balaban J connectivity index is 0.00000161. The van der Waals surface area contributed by atoms with Gasteiger partial charge in [-0.3, -0.25) is 4.79 Å². The van der Waals surface area contributed by atoms with Crippen molar-refractivity contribution >= 4 is 24.0 Å². The van der Waals surface area contributed by atoms with Crippen molar-refractivity contribution in [2.75, 3.05) is 19.6 Å². The minimum atomic E-state index is -4.64. The molecule has 1 saturated heterocycles. The quantitative estimate of drug-likeness (QED) is 0.747. The van der Waals surface area contributed by atoms with E-state index in [0.717, 1.165) is 6.07 Å². The van der Waals surface area contributed by atoms with Gasteiger partial charge in [-0.05, 0) is 11.6 Å². The zero-order valence-electron chi connectivity index (χ0n) is 10.7. The molecule has 0 saturated carbocycles. The van der Waals surface area contributed by atoms with Gasteiger partial charge in [-0.25, -0.2) is 4.85 Å². The summed E-state index contributed by atoms with van der Waals surface area (Å²) in [4.78, 5) is 16.8. The molecule has 2 heterocycles. The lowest BCUT2D eigenvalue weighted by molar-refractivity contribution is -0.137. The molecule has 1 N–H and O–H groups in total. The van der Waals surface area contributed by atoms with Gasteiger partial charge < -0.3 is 10.2 Å². The predicted octanol–water partition coefficient (Wildman–Crippen LogP) is 2.78. The second kappa shape index (κ2) is 5.20. The number of carbonyl (C=O) groups is 1. The average molecular weight is 318 g/mol. The maximum Gasteiger partial charge on any atom is 0.415 e. The van der Waals surface area contributed by atoms with Gasteiger partial charge in [0.15, 0.2) is 5.69 Å². The molecular weight excluding hydrogens is 307 g/mol. The molecule has 4 nitrogen and oxygen atoms in total. The van der Waals surface area contributed by atoms with E-state index in [2.05, 4.69) is 10.2 Å². The average Bonchev–Trinajstić information content (AvgIpc) is 2.71. The Hall–Kier alpha value is -1.78. The SMILES string of the molecule is Cl.[C-]#[N+]c1cc2c(c(C(F)(F)F)c1)C(=O)N1CCNC[C@@H]21. The van der Waals surface area contributed by atoms with Crippen molar-refractivity contribution < 1.29 is 18.0 Å². The van der Waals surface area contributed by atoms with Gasteiger partial charge in [-0.1, -0.05) is 6.07 Å². The Labute approximate surface area is 125 Å². The van der Waals surface area contributed by atoms with E-state index < -0.39 is 23.7 Å². The second-order valence-electron chi connectivity index (χ2n) is 4.79. The predicted molar refractivity (Wildman–Crippen MR) is 71.6 cm³/mol. The summed E-state index contributed by atoms with van der Waals surface area (Å²) in [5.74, 6) is -0.588. The normalized spacial score (nSPS) is 20.4. The van der Waals surface area contributed by atoms with Gasteiger partial charge in [-0.15, -0.1) is 12.4 Å². The Morgan fingerprint density at radius 3 is 2.71 bits per heavy atom. The lowest BCUT2D eigenvalue weighted by Crippen LogP contribution is -2.44. The number of halogens is 4. The number of carbonyl (C=O) groups excluding carboxylic acids is 1. The number of benzene rings is 1. The summed E-state index contributed by atoms with van der Waals surface area (Å²) < 4.78 is 39.4. The summed E-state index contributed by atoms with van der Waals surface area (Å²) in [6, 6.07) is 1.75. The highest BCUT2D eigenvalue weighted by Crippen LogP contribution is 2.44. The third kappa shape index (κ3) is 2.34. The van der Waals surface area contributed by atoms with Gasteiger partial charge in [0.2, 0.25) is 0 Å². The zero-order chi connectivity index (χ0) is 14.5. The van der Waals surface area contributed by atoms with Gasteiger partial charge in [0.05, 0.1) is 23.7 Å². The maximum atomic E-state index is 13.1. The molecule has 112 valence electrons. The van der Waals surface area contributed by atoms with Gasteiger partial charge in [0, 0.05) is 19.6 Å². The van der Waals surface area contributed by atoms with Gasteiger partial charge in [-0.2, -0.15) is 13.2 Å². The fourth-order valence-electron chi connectivity index (χ4n) is 2.81. The van der Waals surface area contributed by atoms with Crippen LogP contribution in [0, 0.1) is 6.57 Å². The van der Waals surface area contributed by atoms with E-state index in [-0.39, 0.29) is 23.7 Å². The van der Waals surface area contributed by atoms with E-state index in [1.54, 1.807) is 0 Å². The van der Waals surface area contributed by atoms with E-state index >= 15 is 0 Å². The molecule has 0 unspecified atom stereocenters. The largest absolute Gasteiger partial charge is 0.415 e. The van der Waals surface area contributed by atoms with Gasteiger partial charge in [0.25, 0.3) is 5.91 Å². The van der Waals surface area contributed by atoms with E-state index in [0.29, 0.717) is 25.2 Å². The number of nitrogens with zero attached hydrogens (tertiary/aromatic N) is 2. The first-order valence-electron chi connectivity index (χ1n) is 6.08. The van der Waals surface area contributed by atoms with Crippen LogP contribution in [-0.2, 0) is 6.18 Å². The van der Waals surface area contributed by atoms with Crippen molar-refractivity contribution in [2.24, 2.45) is 0 Å². The number of hydrogen-bond donors (Lipinski definition) is 1. The van der Waals surface area contributed by atoms with Crippen LogP contribution in [0.25, 0.3) is 4.85 Å². The Morgan fingerprint density at radius 2 is 2.10 bits per heavy atom. The van der Waals surface area contributed by atoms with Crippen LogP contribution in [0.2, 0.25) is 0 Å². The van der Waals surface area contributed by atoms with Crippen LogP contribution in [0.5, 0.6) is 0 Å². The van der Waals surface area contributed by atoms with Crippen molar-refractivity contribution in [3.05, 3.63) is 40.2 Å². The molecule has 8 heteroatoms. The molecule has 3 rings (SSSR count). The molecule has 0 radical (unpaired) electrons. The molecule has 21 heavy (non-hydrogen) atoms. The Kier molecular flexibility index (Phi) is 3.87. The summed E-state index contributed by atoms with van der Waals surface area (Å²) in [6.45, 7) is 8.29. The highest BCUT2D eigenvalue weighted by molar-refractivity contribution is 6.01. The van der Waals surface area contributed by atoms with Gasteiger partial charge in [0.1, 0.15) is 0 Å². The monoisotopic (exact) mass is 317 g/mol. The summed E-state index contributed by atoms with van der Waals surface area (Å²) >= 11 is 0. The smallest absolute Gasteiger partial charge is 0.329 e. The van der Waals surface area contributed by atoms with E-state index in [9.17, 15) is 18.0 Å². The molecule has 1 amide bonds. The molecule has 1 aromatic rings. The van der Waals surface area contributed by atoms with E-state index in [1.165, 1.54) is 11.0 Å². The van der Waals surface area contributed by atoms with Crippen LogP contribution in [0.15, 0.2) is 12.1 Å². The fourth-order valence-corrected chi connectivity index (χ4v) is 2.81. The van der Waals surface area contributed by atoms with Gasteiger partial charge >= 0.3 is 6.18 Å². The standard InChI is InChI=1S/C13H10F3N3O.ClH/c1-17-7-4-8-10-6-18-2-3-19(10)12(20)11(8)9(5-7)13(14,15)16;/h4-5,10,18H,2-3,6H2;1H/t10-;/m0./s1. The number of rotatable bonds is 0. The number of nitrogens with one attached hydrogen (secondary N) is 1. The third-order valence-corrected chi connectivity index (χ3v) is 3.67. The number of amides is 1. The van der Waals surface area contributed by atoms with Crippen LogP contribution >= 0.6 is 12.4 Å². The summed E-state index contributed by atoms with van der Waals surface area (Å²) in [7, 11) is 0. The van der Waals surface area contributed by atoms with E-state index in [1.807, 2.05) is 0 Å². The molecule has 0 aromatic heterocycles. The highest BCUT2D eigenvalue weighted by Gasteiger charge is 2.45. The molecule has 1 fully saturated rings. The summed E-state index contributed by atoms with van der Waals surface area (Å²) in [5.41, 5.74) is -1.07. The molecule has 2 aliphatic rings. The summed E-state index contributed by atoms with van der Waals surface area (Å²) in [5, 5.41) is 3.06. The molecule has 0 aliphatic carbocycles. The second-order valence-corrected chi connectivity index (χ2v) is 4.79. The topological polar surface area (TPSA) is 36.7 Å². The Bertz CT molecular complexity index is 639.